The molecular formula is C19H29N5O2. The van der Waals surface area contributed by atoms with Gasteiger partial charge in [0.05, 0.1) is 12.5 Å². The number of aryl methyl sites for hydroxylation is 1. The first-order valence-corrected chi connectivity index (χ1v) is 9.93. The summed E-state index contributed by atoms with van der Waals surface area (Å²) in [6.07, 6.45) is 4.66. The smallest absolute Gasteiger partial charge is 0.228 e. The number of hydrogen-bond donors (Lipinski definition) is 0. The van der Waals surface area contributed by atoms with Crippen molar-refractivity contribution in [2.45, 2.75) is 32.6 Å². The van der Waals surface area contributed by atoms with Crippen LogP contribution < -0.4 is 9.80 Å². The summed E-state index contributed by atoms with van der Waals surface area (Å²) in [6, 6.07) is 2.13. The maximum Gasteiger partial charge on any atom is 0.228 e. The van der Waals surface area contributed by atoms with Crippen LogP contribution in [0.4, 0.5) is 11.6 Å². The molecule has 4 heterocycles. The molecule has 1 aromatic rings. The number of carbonyl (C=O) groups excluding carboxylic acids is 1. The second-order valence-corrected chi connectivity index (χ2v) is 7.55. The van der Waals surface area contributed by atoms with Crippen molar-refractivity contribution in [1.29, 1.82) is 0 Å². The van der Waals surface area contributed by atoms with Gasteiger partial charge in [0.2, 0.25) is 5.91 Å². The highest BCUT2D eigenvalue weighted by molar-refractivity contribution is 5.79. The first kappa shape index (κ1) is 17.5. The van der Waals surface area contributed by atoms with Gasteiger partial charge in [-0.25, -0.2) is 9.97 Å². The van der Waals surface area contributed by atoms with Crippen LogP contribution in [0.25, 0.3) is 0 Å². The van der Waals surface area contributed by atoms with Gasteiger partial charge < -0.3 is 19.4 Å². The Morgan fingerprint density at radius 2 is 1.65 bits per heavy atom. The van der Waals surface area contributed by atoms with E-state index in [2.05, 4.69) is 25.8 Å². The van der Waals surface area contributed by atoms with E-state index in [1.54, 1.807) is 0 Å². The molecule has 1 amide bonds. The van der Waals surface area contributed by atoms with E-state index in [0.29, 0.717) is 6.61 Å². The molecule has 0 spiro atoms. The molecule has 0 aliphatic carbocycles. The molecule has 4 rings (SSSR count). The Kier molecular flexibility index (Phi) is 5.24. The van der Waals surface area contributed by atoms with Crippen LogP contribution in [0.1, 0.15) is 31.5 Å². The van der Waals surface area contributed by atoms with Crippen LogP contribution in [0.3, 0.4) is 0 Å². The average Bonchev–Trinajstić information content (AvgIpc) is 3.22. The lowest BCUT2D eigenvalue weighted by Crippen LogP contribution is -2.50. The molecule has 3 aliphatic rings. The van der Waals surface area contributed by atoms with Crippen LogP contribution in [0.5, 0.6) is 0 Å². The van der Waals surface area contributed by atoms with E-state index < -0.39 is 0 Å². The van der Waals surface area contributed by atoms with E-state index in [0.717, 1.165) is 69.8 Å². The highest BCUT2D eigenvalue weighted by atomic mass is 16.5. The summed E-state index contributed by atoms with van der Waals surface area (Å²) in [6.45, 7) is 8.62. The highest BCUT2D eigenvalue weighted by Crippen LogP contribution is 2.24. The third-order valence-electron chi connectivity index (χ3n) is 5.69. The van der Waals surface area contributed by atoms with Crippen LogP contribution in [0.15, 0.2) is 6.07 Å². The van der Waals surface area contributed by atoms with Gasteiger partial charge in [-0.2, -0.15) is 0 Å². The van der Waals surface area contributed by atoms with Crippen molar-refractivity contribution >= 4 is 17.5 Å². The van der Waals surface area contributed by atoms with Gasteiger partial charge in [-0.3, -0.25) is 4.79 Å². The number of nitrogens with zero attached hydrogens (tertiary/aromatic N) is 5. The first-order valence-electron chi connectivity index (χ1n) is 9.93. The third-order valence-corrected chi connectivity index (χ3v) is 5.69. The Labute approximate surface area is 155 Å². The summed E-state index contributed by atoms with van der Waals surface area (Å²) in [5, 5.41) is 0. The summed E-state index contributed by atoms with van der Waals surface area (Å²) in [4.78, 5) is 28.5. The fourth-order valence-corrected chi connectivity index (χ4v) is 4.13. The van der Waals surface area contributed by atoms with Crippen molar-refractivity contribution in [3.63, 3.8) is 0 Å². The van der Waals surface area contributed by atoms with Crippen molar-refractivity contribution in [2.75, 3.05) is 62.3 Å². The normalized spacial score (nSPS) is 24.2. The van der Waals surface area contributed by atoms with Crippen molar-refractivity contribution in [1.82, 2.24) is 14.9 Å². The van der Waals surface area contributed by atoms with Gasteiger partial charge in [-0.15, -0.1) is 0 Å². The minimum atomic E-state index is 0.0635. The molecule has 3 saturated heterocycles. The molecule has 1 unspecified atom stereocenters. The molecular weight excluding hydrogens is 330 g/mol. The fourth-order valence-electron chi connectivity index (χ4n) is 4.13. The molecule has 1 aromatic heterocycles. The van der Waals surface area contributed by atoms with Crippen LogP contribution in [0.2, 0.25) is 0 Å². The standard InChI is InChI=1S/C19H29N5O2/c1-15-20-17(22-6-3-2-4-7-22)13-18(21-15)23-8-10-24(11-9-23)19(25)16-5-12-26-14-16/h13,16H,2-12,14H2,1H3. The number of aromatic nitrogens is 2. The Bertz CT molecular complexity index is 633. The van der Waals surface area contributed by atoms with Gasteiger partial charge in [0, 0.05) is 51.9 Å². The number of amides is 1. The zero-order chi connectivity index (χ0) is 17.9. The summed E-state index contributed by atoms with van der Waals surface area (Å²) in [5.41, 5.74) is 0. The number of piperidine rings is 1. The maximum atomic E-state index is 12.6. The number of hydrogen-bond acceptors (Lipinski definition) is 6. The second-order valence-electron chi connectivity index (χ2n) is 7.55. The van der Waals surface area contributed by atoms with Crippen LogP contribution in [-0.2, 0) is 9.53 Å². The summed E-state index contributed by atoms with van der Waals surface area (Å²) >= 11 is 0. The van der Waals surface area contributed by atoms with Gasteiger partial charge in [0.15, 0.2) is 0 Å². The Morgan fingerprint density at radius 1 is 1.00 bits per heavy atom. The molecule has 26 heavy (non-hydrogen) atoms. The highest BCUT2D eigenvalue weighted by Gasteiger charge is 2.30. The zero-order valence-corrected chi connectivity index (χ0v) is 15.7. The lowest BCUT2D eigenvalue weighted by atomic mass is 10.1. The summed E-state index contributed by atoms with van der Waals surface area (Å²) in [5.74, 6) is 3.19. The van der Waals surface area contributed by atoms with Crippen molar-refractivity contribution < 1.29 is 9.53 Å². The summed E-state index contributed by atoms with van der Waals surface area (Å²) in [7, 11) is 0. The molecule has 0 bridgehead atoms. The topological polar surface area (TPSA) is 61.8 Å². The van der Waals surface area contributed by atoms with Crippen LogP contribution in [-0.4, -0.2) is 73.3 Å². The van der Waals surface area contributed by atoms with Crippen LogP contribution in [0, 0.1) is 12.8 Å². The second kappa shape index (κ2) is 7.78. The predicted molar refractivity (Wildman–Crippen MR) is 101 cm³/mol. The minimum Gasteiger partial charge on any atom is -0.381 e. The van der Waals surface area contributed by atoms with Gasteiger partial charge in [-0.1, -0.05) is 0 Å². The predicted octanol–water partition coefficient (Wildman–Crippen LogP) is 1.46. The molecule has 7 nitrogen and oxygen atoms in total. The molecule has 7 heteroatoms. The van der Waals surface area contributed by atoms with E-state index in [9.17, 15) is 4.79 Å². The molecule has 3 fully saturated rings. The molecule has 3 aliphatic heterocycles. The van der Waals surface area contributed by atoms with E-state index in [-0.39, 0.29) is 11.8 Å². The Hall–Kier alpha value is -1.89. The SMILES string of the molecule is Cc1nc(N2CCCCC2)cc(N2CCN(C(=O)C3CCOC3)CC2)n1. The van der Waals surface area contributed by atoms with Gasteiger partial charge in [0.25, 0.3) is 0 Å². The number of rotatable bonds is 3. The van der Waals surface area contributed by atoms with Crippen LogP contribution >= 0.6 is 0 Å². The maximum absolute atomic E-state index is 12.6. The largest absolute Gasteiger partial charge is 0.381 e. The molecule has 142 valence electrons. The van der Waals surface area contributed by atoms with Crippen molar-refractivity contribution in [3.8, 4) is 0 Å². The van der Waals surface area contributed by atoms with Gasteiger partial charge >= 0.3 is 0 Å². The fraction of sp³-hybridized carbons (Fsp3) is 0.737. The van der Waals surface area contributed by atoms with Crippen molar-refractivity contribution in [3.05, 3.63) is 11.9 Å². The Morgan fingerprint density at radius 3 is 2.27 bits per heavy atom. The first-order chi connectivity index (χ1) is 12.7. The number of carbonyl (C=O) groups is 1. The molecule has 1 atom stereocenters. The molecule has 0 aromatic carbocycles. The van der Waals surface area contributed by atoms with Gasteiger partial charge in [0.1, 0.15) is 17.5 Å². The Balaban J connectivity index is 1.40. The van der Waals surface area contributed by atoms with E-state index in [1.807, 2.05) is 11.8 Å². The number of piperazine rings is 1. The van der Waals surface area contributed by atoms with E-state index >= 15 is 0 Å². The molecule has 0 N–H and O–H groups in total. The van der Waals surface area contributed by atoms with Crippen molar-refractivity contribution in [2.24, 2.45) is 5.92 Å². The monoisotopic (exact) mass is 359 g/mol. The minimum absolute atomic E-state index is 0.0635. The third kappa shape index (κ3) is 3.77. The average molecular weight is 359 g/mol. The number of ether oxygens (including phenoxy) is 1. The lowest BCUT2D eigenvalue weighted by Gasteiger charge is -2.37. The van der Waals surface area contributed by atoms with Gasteiger partial charge in [-0.05, 0) is 32.6 Å². The zero-order valence-electron chi connectivity index (χ0n) is 15.7. The quantitative estimate of drug-likeness (QED) is 0.814. The molecule has 0 radical (unpaired) electrons. The van der Waals surface area contributed by atoms with E-state index in [4.69, 9.17) is 4.74 Å². The van der Waals surface area contributed by atoms with E-state index in [1.165, 1.54) is 19.3 Å². The summed E-state index contributed by atoms with van der Waals surface area (Å²) < 4.78 is 5.36. The molecule has 0 saturated carbocycles. The number of anilines is 2. The lowest BCUT2D eigenvalue weighted by molar-refractivity contribution is -0.135.